The van der Waals surface area contributed by atoms with Gasteiger partial charge in [-0.3, -0.25) is 5.41 Å². The van der Waals surface area contributed by atoms with Gasteiger partial charge in [-0.2, -0.15) is 0 Å². The molecule has 0 radical (unpaired) electrons. The van der Waals surface area contributed by atoms with Crippen molar-refractivity contribution < 1.29 is 0 Å². The van der Waals surface area contributed by atoms with Crippen molar-refractivity contribution in [2.24, 2.45) is 5.73 Å². The molecule has 13 heavy (non-hydrogen) atoms. The Hall–Kier alpha value is -1.01. The number of hydrogen-bond acceptors (Lipinski definition) is 5. The Kier molecular flexibility index (Phi) is 5.17. The Labute approximate surface area is 86.2 Å². The second kappa shape index (κ2) is 5.60. The van der Waals surface area contributed by atoms with Crippen molar-refractivity contribution >= 4 is 35.2 Å². The average molecular weight is 220 g/mol. The van der Waals surface area contributed by atoms with E-state index in [0.717, 1.165) is 0 Å². The molecule has 0 bridgehead atoms. The number of nitrogens with one attached hydrogen (secondary N) is 1. The molecule has 0 aliphatic heterocycles. The summed E-state index contributed by atoms with van der Waals surface area (Å²) < 4.78 is 0. The van der Waals surface area contributed by atoms with E-state index in [1.54, 1.807) is 12.3 Å². The largest absolute Gasteiger partial charge is 0.384 e. The molecule has 72 valence electrons. The van der Waals surface area contributed by atoms with Gasteiger partial charge in [0.2, 0.25) is 0 Å². The summed E-state index contributed by atoms with van der Waals surface area (Å²) in [5.41, 5.74) is 10.6. The Morgan fingerprint density at radius 1 is 1.62 bits per heavy atom. The fraction of sp³-hybridized carbons (Fsp3) is 0.167. The third-order valence-corrected chi connectivity index (χ3v) is 1.80. The quantitative estimate of drug-likeness (QED) is 0.500. The van der Waals surface area contributed by atoms with Crippen LogP contribution in [0.3, 0.4) is 0 Å². The first-order valence-electron chi connectivity index (χ1n) is 3.22. The summed E-state index contributed by atoms with van der Waals surface area (Å²) in [7, 11) is 0. The Balaban J connectivity index is 0.00000144. The Morgan fingerprint density at radius 2 is 2.31 bits per heavy atom. The van der Waals surface area contributed by atoms with E-state index in [-0.39, 0.29) is 17.6 Å². The zero-order chi connectivity index (χ0) is 8.97. The van der Waals surface area contributed by atoms with Gasteiger partial charge in [0.15, 0.2) is 5.17 Å². The van der Waals surface area contributed by atoms with Gasteiger partial charge in [-0.1, -0.05) is 11.8 Å². The van der Waals surface area contributed by atoms with E-state index in [1.165, 1.54) is 11.8 Å². The van der Waals surface area contributed by atoms with Crippen molar-refractivity contribution in [3.63, 3.8) is 0 Å². The molecule has 7 heteroatoms. The van der Waals surface area contributed by atoms with Crippen LogP contribution in [0, 0.1) is 5.41 Å². The predicted octanol–water partition coefficient (Wildman–Crippen LogP) is 0.607. The molecule has 1 aromatic rings. The molecule has 1 heterocycles. The van der Waals surface area contributed by atoms with Crippen molar-refractivity contribution in [1.82, 2.24) is 9.97 Å². The zero-order valence-corrected chi connectivity index (χ0v) is 8.36. The molecule has 5 nitrogen and oxygen atoms in total. The molecule has 1 rings (SSSR count). The first kappa shape index (κ1) is 12.0. The van der Waals surface area contributed by atoms with Gasteiger partial charge >= 0.3 is 0 Å². The van der Waals surface area contributed by atoms with Gasteiger partial charge in [0.25, 0.3) is 0 Å². The van der Waals surface area contributed by atoms with Crippen LogP contribution >= 0.6 is 24.2 Å². The van der Waals surface area contributed by atoms with Gasteiger partial charge in [-0.05, 0) is 6.07 Å². The summed E-state index contributed by atoms with van der Waals surface area (Å²) in [4.78, 5) is 7.89. The van der Waals surface area contributed by atoms with E-state index >= 15 is 0 Å². The smallest absolute Gasteiger partial charge is 0.151 e. The highest BCUT2D eigenvalue weighted by molar-refractivity contribution is 8.12. The molecule has 5 N–H and O–H groups in total. The SMILES string of the molecule is Cl.N=C(N)SCc1nccc(N)n1. The summed E-state index contributed by atoms with van der Waals surface area (Å²) >= 11 is 1.17. The van der Waals surface area contributed by atoms with Crippen LogP contribution in [0.4, 0.5) is 5.82 Å². The fourth-order valence-corrected chi connectivity index (χ4v) is 1.05. The van der Waals surface area contributed by atoms with Gasteiger partial charge in [-0.15, -0.1) is 12.4 Å². The maximum absolute atomic E-state index is 6.95. The standard InChI is InChI=1S/C6H9N5S.ClH/c7-4-1-2-10-5(11-4)3-12-6(8)9;/h1-2H,3H2,(H3,8,9)(H2,7,10,11);1H. The van der Waals surface area contributed by atoms with Crippen LogP contribution in [0.15, 0.2) is 12.3 Å². The summed E-state index contributed by atoms with van der Waals surface area (Å²) in [5, 5.41) is 7.01. The highest BCUT2D eigenvalue weighted by Crippen LogP contribution is 2.07. The average Bonchev–Trinajstić information content (AvgIpc) is 2.01. The first-order valence-corrected chi connectivity index (χ1v) is 4.21. The lowest BCUT2D eigenvalue weighted by atomic mass is 10.5. The van der Waals surface area contributed by atoms with Crippen molar-refractivity contribution in [1.29, 1.82) is 5.41 Å². The number of nitrogens with two attached hydrogens (primary N) is 2. The lowest BCUT2D eigenvalue weighted by Gasteiger charge is -1.98. The molecule has 0 atom stereocenters. The van der Waals surface area contributed by atoms with E-state index in [1.807, 2.05) is 0 Å². The van der Waals surface area contributed by atoms with E-state index in [0.29, 0.717) is 17.4 Å². The zero-order valence-electron chi connectivity index (χ0n) is 6.73. The Bertz CT molecular complexity index is 292. The minimum Gasteiger partial charge on any atom is -0.384 e. The van der Waals surface area contributed by atoms with Crippen LogP contribution in [0.25, 0.3) is 0 Å². The number of amidine groups is 1. The number of aromatic nitrogens is 2. The van der Waals surface area contributed by atoms with Crippen molar-refractivity contribution in [2.75, 3.05) is 5.73 Å². The lowest BCUT2D eigenvalue weighted by Crippen LogP contribution is -2.05. The highest BCUT2D eigenvalue weighted by Gasteiger charge is 1.98. The minimum absolute atomic E-state index is 0. The molecule has 0 aliphatic carbocycles. The normalized spacial score (nSPS) is 8.92. The summed E-state index contributed by atoms with van der Waals surface area (Å²) in [5.74, 6) is 1.51. The van der Waals surface area contributed by atoms with Crippen molar-refractivity contribution in [3.05, 3.63) is 18.1 Å². The number of nitrogen functional groups attached to an aromatic ring is 1. The molecule has 0 saturated heterocycles. The van der Waals surface area contributed by atoms with Crippen LogP contribution < -0.4 is 11.5 Å². The minimum atomic E-state index is 0. The van der Waals surface area contributed by atoms with Gasteiger partial charge in [0, 0.05) is 6.20 Å². The molecule has 0 aliphatic rings. The van der Waals surface area contributed by atoms with Gasteiger partial charge in [0.1, 0.15) is 11.6 Å². The monoisotopic (exact) mass is 219 g/mol. The molecule has 0 saturated carbocycles. The molecule has 0 fully saturated rings. The number of rotatable bonds is 2. The summed E-state index contributed by atoms with van der Waals surface area (Å²) in [6.07, 6.45) is 1.58. The number of thioether (sulfide) groups is 1. The first-order chi connectivity index (χ1) is 5.68. The van der Waals surface area contributed by atoms with Crippen LogP contribution in [0.5, 0.6) is 0 Å². The van der Waals surface area contributed by atoms with E-state index < -0.39 is 0 Å². The fourth-order valence-electron chi connectivity index (χ4n) is 0.627. The van der Waals surface area contributed by atoms with Crippen LogP contribution in [-0.4, -0.2) is 15.1 Å². The maximum Gasteiger partial charge on any atom is 0.151 e. The number of halogens is 1. The van der Waals surface area contributed by atoms with Gasteiger partial charge in [-0.25, -0.2) is 9.97 Å². The maximum atomic E-state index is 6.95. The third kappa shape index (κ3) is 4.54. The number of anilines is 1. The van der Waals surface area contributed by atoms with Gasteiger partial charge < -0.3 is 11.5 Å². The van der Waals surface area contributed by atoms with E-state index in [4.69, 9.17) is 16.9 Å². The van der Waals surface area contributed by atoms with Crippen molar-refractivity contribution in [3.8, 4) is 0 Å². The van der Waals surface area contributed by atoms with Crippen molar-refractivity contribution in [2.45, 2.75) is 5.75 Å². The number of hydrogen-bond donors (Lipinski definition) is 3. The molecule has 0 aromatic carbocycles. The lowest BCUT2D eigenvalue weighted by molar-refractivity contribution is 1.04. The third-order valence-electron chi connectivity index (χ3n) is 1.08. The molecule has 0 unspecified atom stereocenters. The molecule has 0 spiro atoms. The second-order valence-electron chi connectivity index (χ2n) is 2.05. The molecular weight excluding hydrogens is 210 g/mol. The second-order valence-corrected chi connectivity index (χ2v) is 3.07. The highest BCUT2D eigenvalue weighted by atomic mass is 35.5. The van der Waals surface area contributed by atoms with E-state index in [2.05, 4.69) is 9.97 Å². The molecule has 0 amide bonds. The Morgan fingerprint density at radius 3 is 2.85 bits per heavy atom. The summed E-state index contributed by atoms with van der Waals surface area (Å²) in [6, 6.07) is 1.61. The topological polar surface area (TPSA) is 102 Å². The van der Waals surface area contributed by atoms with Crippen LogP contribution in [-0.2, 0) is 5.75 Å². The molecular formula is C6H10ClN5S. The van der Waals surface area contributed by atoms with Crippen LogP contribution in [0.1, 0.15) is 5.82 Å². The number of nitrogens with zero attached hydrogens (tertiary/aromatic N) is 2. The summed E-state index contributed by atoms with van der Waals surface area (Å²) in [6.45, 7) is 0. The van der Waals surface area contributed by atoms with Crippen LogP contribution in [0.2, 0.25) is 0 Å². The van der Waals surface area contributed by atoms with Gasteiger partial charge in [0.05, 0.1) is 5.75 Å². The predicted molar refractivity (Wildman–Crippen MR) is 56.9 cm³/mol. The molecule has 1 aromatic heterocycles. The van der Waals surface area contributed by atoms with E-state index in [9.17, 15) is 0 Å².